The van der Waals surface area contributed by atoms with E-state index < -0.39 is 5.60 Å². The van der Waals surface area contributed by atoms with Crippen LogP contribution >= 0.6 is 0 Å². The molecule has 0 saturated carbocycles. The van der Waals surface area contributed by atoms with Crippen molar-refractivity contribution in [1.29, 1.82) is 5.26 Å². The second-order valence-corrected chi connectivity index (χ2v) is 3.69. The number of aliphatic hydroxyl groups is 1. The van der Waals surface area contributed by atoms with Crippen molar-refractivity contribution in [2.45, 2.75) is 38.2 Å². The average molecular weight is 183 g/mol. The summed E-state index contributed by atoms with van der Waals surface area (Å²) in [6.07, 6.45) is 2.94. The Bertz CT molecular complexity index is 192. The minimum Gasteiger partial charge on any atom is -0.388 e. The molecule has 1 heterocycles. The summed E-state index contributed by atoms with van der Waals surface area (Å²) in [5.74, 6) is -0.221. The highest BCUT2D eigenvalue weighted by Crippen LogP contribution is 2.31. The standard InChI is InChI=1S/C10H17NO2/c1-2-3-9(8-11)10(12)4-6-13-7-5-10/h9,12H,2-7H2,1H3. The van der Waals surface area contributed by atoms with E-state index in [1.807, 2.05) is 6.92 Å². The van der Waals surface area contributed by atoms with E-state index in [9.17, 15) is 5.11 Å². The summed E-state index contributed by atoms with van der Waals surface area (Å²) >= 11 is 0. The molecule has 13 heavy (non-hydrogen) atoms. The lowest BCUT2D eigenvalue weighted by molar-refractivity contribution is -0.0878. The number of hydrogen-bond donors (Lipinski definition) is 1. The van der Waals surface area contributed by atoms with Crippen molar-refractivity contribution < 1.29 is 9.84 Å². The van der Waals surface area contributed by atoms with Gasteiger partial charge in [0, 0.05) is 26.1 Å². The highest BCUT2D eigenvalue weighted by molar-refractivity contribution is 4.99. The molecule has 0 bridgehead atoms. The molecular formula is C10H17NO2. The van der Waals surface area contributed by atoms with E-state index in [0.717, 1.165) is 12.8 Å². The van der Waals surface area contributed by atoms with Crippen LogP contribution < -0.4 is 0 Å². The fraction of sp³-hybridized carbons (Fsp3) is 0.900. The lowest BCUT2D eigenvalue weighted by Crippen LogP contribution is -2.42. The normalized spacial score (nSPS) is 23.5. The minimum atomic E-state index is -0.789. The van der Waals surface area contributed by atoms with Crippen LogP contribution in [-0.4, -0.2) is 23.9 Å². The fourth-order valence-corrected chi connectivity index (χ4v) is 1.82. The van der Waals surface area contributed by atoms with Gasteiger partial charge in [-0.05, 0) is 6.42 Å². The first-order valence-electron chi connectivity index (χ1n) is 4.92. The number of nitrogens with zero attached hydrogens (tertiary/aromatic N) is 1. The molecule has 1 aliphatic heterocycles. The Morgan fingerprint density at radius 3 is 2.62 bits per heavy atom. The highest BCUT2D eigenvalue weighted by atomic mass is 16.5. The van der Waals surface area contributed by atoms with Crippen molar-refractivity contribution >= 4 is 0 Å². The third kappa shape index (κ3) is 2.43. The molecule has 1 N–H and O–H groups in total. The third-order valence-electron chi connectivity index (χ3n) is 2.74. The molecule has 1 aliphatic rings. The fourth-order valence-electron chi connectivity index (χ4n) is 1.82. The zero-order valence-electron chi connectivity index (χ0n) is 8.12. The van der Waals surface area contributed by atoms with Crippen LogP contribution in [0, 0.1) is 17.2 Å². The van der Waals surface area contributed by atoms with Crippen molar-refractivity contribution in [2.24, 2.45) is 5.92 Å². The molecule has 1 unspecified atom stereocenters. The van der Waals surface area contributed by atoms with Crippen LogP contribution in [-0.2, 0) is 4.74 Å². The summed E-state index contributed by atoms with van der Waals surface area (Å²) in [6, 6.07) is 2.21. The maximum absolute atomic E-state index is 10.2. The van der Waals surface area contributed by atoms with Gasteiger partial charge in [0.2, 0.25) is 0 Å². The van der Waals surface area contributed by atoms with Gasteiger partial charge in [0.1, 0.15) is 0 Å². The number of hydrogen-bond acceptors (Lipinski definition) is 3. The summed E-state index contributed by atoms with van der Waals surface area (Å²) < 4.78 is 5.17. The molecule has 1 rings (SSSR count). The van der Waals surface area contributed by atoms with E-state index in [1.54, 1.807) is 0 Å². The second-order valence-electron chi connectivity index (χ2n) is 3.69. The molecule has 3 nitrogen and oxygen atoms in total. The maximum Gasteiger partial charge on any atom is 0.0849 e. The zero-order chi connectivity index (χ0) is 9.73. The molecule has 1 fully saturated rings. The molecule has 74 valence electrons. The van der Waals surface area contributed by atoms with E-state index >= 15 is 0 Å². The average Bonchev–Trinajstić information content (AvgIpc) is 2.15. The lowest BCUT2D eigenvalue weighted by Gasteiger charge is -2.35. The first-order valence-corrected chi connectivity index (χ1v) is 4.92. The van der Waals surface area contributed by atoms with E-state index in [2.05, 4.69) is 6.07 Å². The van der Waals surface area contributed by atoms with Crippen LogP contribution in [0.25, 0.3) is 0 Å². The number of ether oxygens (including phenoxy) is 1. The van der Waals surface area contributed by atoms with Crippen molar-refractivity contribution in [3.63, 3.8) is 0 Å². The van der Waals surface area contributed by atoms with Gasteiger partial charge in [0.15, 0.2) is 0 Å². The van der Waals surface area contributed by atoms with Gasteiger partial charge in [-0.15, -0.1) is 0 Å². The lowest BCUT2D eigenvalue weighted by atomic mass is 9.79. The van der Waals surface area contributed by atoms with E-state index in [0.29, 0.717) is 26.1 Å². The maximum atomic E-state index is 10.2. The number of nitriles is 1. The highest BCUT2D eigenvalue weighted by Gasteiger charge is 2.37. The molecule has 0 aliphatic carbocycles. The molecule has 0 radical (unpaired) electrons. The molecule has 1 atom stereocenters. The summed E-state index contributed by atoms with van der Waals surface area (Å²) in [5, 5.41) is 19.1. The molecule has 0 amide bonds. The van der Waals surface area contributed by atoms with Crippen LogP contribution in [0.5, 0.6) is 0 Å². The van der Waals surface area contributed by atoms with E-state index in [-0.39, 0.29) is 5.92 Å². The van der Waals surface area contributed by atoms with Crippen LogP contribution in [0.4, 0.5) is 0 Å². The Morgan fingerprint density at radius 1 is 1.54 bits per heavy atom. The van der Waals surface area contributed by atoms with Crippen LogP contribution in [0.15, 0.2) is 0 Å². The second kappa shape index (κ2) is 4.59. The Labute approximate surface area is 79.3 Å². The topological polar surface area (TPSA) is 53.2 Å². The quantitative estimate of drug-likeness (QED) is 0.720. The molecule has 1 saturated heterocycles. The van der Waals surface area contributed by atoms with Gasteiger partial charge in [-0.1, -0.05) is 13.3 Å². The number of rotatable bonds is 3. The van der Waals surface area contributed by atoms with E-state index in [4.69, 9.17) is 10.00 Å². The van der Waals surface area contributed by atoms with Gasteiger partial charge >= 0.3 is 0 Å². The van der Waals surface area contributed by atoms with Gasteiger partial charge in [-0.2, -0.15) is 5.26 Å². The molecule has 0 aromatic heterocycles. The summed E-state index contributed by atoms with van der Waals surface area (Å²) in [6.45, 7) is 3.20. The Balaban J connectivity index is 2.59. The molecule has 3 heteroatoms. The molecule has 0 aromatic carbocycles. The van der Waals surface area contributed by atoms with Crippen LogP contribution in [0.1, 0.15) is 32.6 Å². The zero-order valence-corrected chi connectivity index (χ0v) is 8.12. The minimum absolute atomic E-state index is 0.221. The monoisotopic (exact) mass is 183 g/mol. The largest absolute Gasteiger partial charge is 0.388 e. The Kier molecular flexibility index (Phi) is 3.71. The summed E-state index contributed by atoms with van der Waals surface area (Å²) in [4.78, 5) is 0. The van der Waals surface area contributed by atoms with Crippen molar-refractivity contribution in [3.8, 4) is 6.07 Å². The Morgan fingerprint density at radius 2 is 2.15 bits per heavy atom. The Hall–Kier alpha value is -0.590. The van der Waals surface area contributed by atoms with Gasteiger partial charge in [-0.3, -0.25) is 0 Å². The van der Waals surface area contributed by atoms with Crippen molar-refractivity contribution in [1.82, 2.24) is 0 Å². The van der Waals surface area contributed by atoms with E-state index in [1.165, 1.54) is 0 Å². The smallest absolute Gasteiger partial charge is 0.0849 e. The van der Waals surface area contributed by atoms with Crippen LogP contribution in [0.2, 0.25) is 0 Å². The predicted molar refractivity (Wildman–Crippen MR) is 49.0 cm³/mol. The molecule has 0 aromatic rings. The predicted octanol–water partition coefficient (Wildman–Crippen LogP) is 1.47. The van der Waals surface area contributed by atoms with Gasteiger partial charge in [-0.25, -0.2) is 0 Å². The SMILES string of the molecule is CCCC(C#N)C1(O)CCOCC1. The summed E-state index contributed by atoms with van der Waals surface area (Å²) in [7, 11) is 0. The summed E-state index contributed by atoms with van der Waals surface area (Å²) in [5.41, 5.74) is -0.789. The van der Waals surface area contributed by atoms with Gasteiger partial charge in [0.25, 0.3) is 0 Å². The molecular weight excluding hydrogens is 166 g/mol. The third-order valence-corrected chi connectivity index (χ3v) is 2.74. The first-order chi connectivity index (χ1) is 6.23. The van der Waals surface area contributed by atoms with Gasteiger partial charge < -0.3 is 9.84 Å². The van der Waals surface area contributed by atoms with Gasteiger partial charge in [0.05, 0.1) is 17.6 Å². The van der Waals surface area contributed by atoms with Crippen molar-refractivity contribution in [2.75, 3.05) is 13.2 Å². The van der Waals surface area contributed by atoms with Crippen molar-refractivity contribution in [3.05, 3.63) is 0 Å². The first kappa shape index (κ1) is 10.5. The molecule has 0 spiro atoms. The van der Waals surface area contributed by atoms with Crippen LogP contribution in [0.3, 0.4) is 0 Å².